The Bertz CT molecular complexity index is 824. The van der Waals surface area contributed by atoms with Gasteiger partial charge in [0.15, 0.2) is 0 Å². The lowest BCUT2D eigenvalue weighted by molar-refractivity contribution is 0.0943. The summed E-state index contributed by atoms with van der Waals surface area (Å²) in [6, 6.07) is 11.2. The first-order valence-corrected chi connectivity index (χ1v) is 7.60. The molecule has 0 saturated heterocycles. The highest BCUT2D eigenvalue weighted by atomic mass is 16.3. The molecule has 1 amide bonds. The van der Waals surface area contributed by atoms with Crippen molar-refractivity contribution in [1.29, 1.82) is 0 Å². The fraction of sp³-hybridized carbons (Fsp3) is 0.167. The van der Waals surface area contributed by atoms with Gasteiger partial charge < -0.3 is 15.1 Å². The standard InChI is InChI=1S/C18H18N4O2/c1-12-5-3-6-13(2)16(12)22-18-19-9-8-15(21-18)17(23)20-11-14-7-4-10-24-14/h3-10H,11H2,1-2H3,(H,20,23)(H,19,21,22). The zero-order chi connectivity index (χ0) is 16.9. The smallest absolute Gasteiger partial charge is 0.270 e. The summed E-state index contributed by atoms with van der Waals surface area (Å²) < 4.78 is 5.19. The Hall–Kier alpha value is -3.15. The van der Waals surface area contributed by atoms with Gasteiger partial charge >= 0.3 is 0 Å². The number of rotatable bonds is 5. The van der Waals surface area contributed by atoms with Crippen LogP contribution in [0.15, 0.2) is 53.3 Å². The van der Waals surface area contributed by atoms with Gasteiger partial charge in [-0.05, 0) is 43.2 Å². The van der Waals surface area contributed by atoms with E-state index in [4.69, 9.17) is 4.42 Å². The van der Waals surface area contributed by atoms with Gasteiger partial charge in [-0.25, -0.2) is 9.97 Å². The number of carbonyl (C=O) groups is 1. The topological polar surface area (TPSA) is 80.0 Å². The summed E-state index contributed by atoms with van der Waals surface area (Å²) in [5.41, 5.74) is 3.42. The molecule has 6 heteroatoms. The van der Waals surface area contributed by atoms with Crippen LogP contribution in [0.25, 0.3) is 0 Å². The molecule has 0 fully saturated rings. The normalized spacial score (nSPS) is 10.4. The molecule has 2 aromatic heterocycles. The van der Waals surface area contributed by atoms with Gasteiger partial charge in [0.25, 0.3) is 5.91 Å². The van der Waals surface area contributed by atoms with Gasteiger partial charge in [0.05, 0.1) is 12.8 Å². The van der Waals surface area contributed by atoms with Crippen LogP contribution in [0, 0.1) is 13.8 Å². The third kappa shape index (κ3) is 3.60. The Labute approximate surface area is 140 Å². The van der Waals surface area contributed by atoms with Crippen LogP contribution in [-0.4, -0.2) is 15.9 Å². The molecule has 1 aromatic carbocycles. The number of nitrogens with one attached hydrogen (secondary N) is 2. The van der Waals surface area contributed by atoms with E-state index in [1.165, 1.54) is 0 Å². The number of hydrogen-bond donors (Lipinski definition) is 2. The number of nitrogens with zero attached hydrogens (tertiary/aromatic N) is 2. The minimum absolute atomic E-state index is 0.279. The summed E-state index contributed by atoms with van der Waals surface area (Å²) in [4.78, 5) is 20.7. The monoisotopic (exact) mass is 322 g/mol. The molecule has 0 saturated carbocycles. The minimum Gasteiger partial charge on any atom is -0.467 e. The fourth-order valence-electron chi connectivity index (χ4n) is 2.34. The average molecular weight is 322 g/mol. The van der Waals surface area contributed by atoms with Crippen molar-refractivity contribution < 1.29 is 9.21 Å². The highest BCUT2D eigenvalue weighted by molar-refractivity contribution is 5.92. The van der Waals surface area contributed by atoms with Gasteiger partial charge in [0.1, 0.15) is 11.5 Å². The van der Waals surface area contributed by atoms with Crippen molar-refractivity contribution in [2.75, 3.05) is 5.32 Å². The maximum atomic E-state index is 12.2. The molecule has 0 spiro atoms. The molecular weight excluding hydrogens is 304 g/mol. The van der Waals surface area contributed by atoms with Gasteiger partial charge in [-0.2, -0.15) is 0 Å². The predicted molar refractivity (Wildman–Crippen MR) is 91.1 cm³/mol. The van der Waals surface area contributed by atoms with Gasteiger partial charge in [-0.3, -0.25) is 4.79 Å². The third-order valence-corrected chi connectivity index (χ3v) is 3.61. The quantitative estimate of drug-likeness (QED) is 0.753. The van der Waals surface area contributed by atoms with Crippen molar-refractivity contribution in [3.05, 3.63) is 71.4 Å². The Morgan fingerprint density at radius 3 is 2.62 bits per heavy atom. The van der Waals surface area contributed by atoms with Crippen molar-refractivity contribution in [3.8, 4) is 0 Å². The van der Waals surface area contributed by atoms with Crippen LogP contribution >= 0.6 is 0 Å². The highest BCUT2D eigenvalue weighted by Crippen LogP contribution is 2.22. The van der Waals surface area contributed by atoms with Crippen LogP contribution < -0.4 is 10.6 Å². The number of aryl methyl sites for hydroxylation is 2. The van der Waals surface area contributed by atoms with Crippen molar-refractivity contribution in [3.63, 3.8) is 0 Å². The van der Waals surface area contributed by atoms with Crippen LogP contribution in [-0.2, 0) is 6.54 Å². The van der Waals surface area contributed by atoms with E-state index in [0.29, 0.717) is 23.9 Å². The van der Waals surface area contributed by atoms with Gasteiger partial charge in [0.2, 0.25) is 5.95 Å². The van der Waals surface area contributed by atoms with E-state index in [1.807, 2.05) is 32.0 Å². The molecule has 0 atom stereocenters. The van der Waals surface area contributed by atoms with Gasteiger partial charge in [-0.15, -0.1) is 0 Å². The third-order valence-electron chi connectivity index (χ3n) is 3.61. The Morgan fingerprint density at radius 1 is 1.12 bits per heavy atom. The van der Waals surface area contributed by atoms with Crippen molar-refractivity contribution in [2.45, 2.75) is 20.4 Å². The predicted octanol–water partition coefficient (Wildman–Crippen LogP) is 3.36. The molecule has 2 heterocycles. The SMILES string of the molecule is Cc1cccc(C)c1Nc1nccc(C(=O)NCc2ccco2)n1. The van der Waals surface area contributed by atoms with Crippen molar-refractivity contribution >= 4 is 17.5 Å². The summed E-state index contributed by atoms with van der Waals surface area (Å²) in [7, 11) is 0. The minimum atomic E-state index is -0.279. The number of amides is 1. The summed E-state index contributed by atoms with van der Waals surface area (Å²) in [6.07, 6.45) is 3.13. The second-order valence-corrected chi connectivity index (χ2v) is 5.42. The molecule has 3 rings (SSSR count). The fourth-order valence-corrected chi connectivity index (χ4v) is 2.34. The van der Waals surface area contributed by atoms with E-state index in [0.717, 1.165) is 16.8 Å². The lowest BCUT2D eigenvalue weighted by Gasteiger charge is -2.11. The van der Waals surface area contributed by atoms with E-state index in [1.54, 1.807) is 30.7 Å². The van der Waals surface area contributed by atoms with E-state index in [-0.39, 0.29) is 5.91 Å². The van der Waals surface area contributed by atoms with Crippen LogP contribution in [0.4, 0.5) is 11.6 Å². The molecule has 0 aliphatic carbocycles. The lowest BCUT2D eigenvalue weighted by Crippen LogP contribution is -2.24. The zero-order valence-corrected chi connectivity index (χ0v) is 13.5. The molecule has 2 N–H and O–H groups in total. The molecule has 122 valence electrons. The molecule has 0 aliphatic rings. The number of furan rings is 1. The second-order valence-electron chi connectivity index (χ2n) is 5.42. The molecule has 0 unspecified atom stereocenters. The molecule has 6 nitrogen and oxygen atoms in total. The number of carbonyl (C=O) groups excluding carboxylic acids is 1. The number of para-hydroxylation sites is 1. The average Bonchev–Trinajstić information content (AvgIpc) is 3.10. The number of aromatic nitrogens is 2. The van der Waals surface area contributed by atoms with Gasteiger partial charge in [-0.1, -0.05) is 18.2 Å². The zero-order valence-electron chi connectivity index (χ0n) is 13.5. The van der Waals surface area contributed by atoms with Gasteiger partial charge in [0, 0.05) is 11.9 Å². The van der Waals surface area contributed by atoms with E-state index < -0.39 is 0 Å². The second kappa shape index (κ2) is 6.95. The molecule has 0 radical (unpaired) electrons. The van der Waals surface area contributed by atoms with Crippen LogP contribution in [0.2, 0.25) is 0 Å². The first-order chi connectivity index (χ1) is 11.6. The molecule has 24 heavy (non-hydrogen) atoms. The molecular formula is C18H18N4O2. The largest absolute Gasteiger partial charge is 0.467 e. The maximum Gasteiger partial charge on any atom is 0.270 e. The van der Waals surface area contributed by atoms with Crippen molar-refractivity contribution in [1.82, 2.24) is 15.3 Å². The molecule has 0 bridgehead atoms. The van der Waals surface area contributed by atoms with E-state index in [2.05, 4.69) is 20.6 Å². The van der Waals surface area contributed by atoms with Crippen LogP contribution in [0.3, 0.4) is 0 Å². The Morgan fingerprint density at radius 2 is 1.92 bits per heavy atom. The summed E-state index contributed by atoms with van der Waals surface area (Å²) in [5, 5.41) is 5.95. The highest BCUT2D eigenvalue weighted by Gasteiger charge is 2.10. The lowest BCUT2D eigenvalue weighted by atomic mass is 10.1. The first kappa shape index (κ1) is 15.7. The van der Waals surface area contributed by atoms with Crippen LogP contribution in [0.1, 0.15) is 27.4 Å². The maximum absolute atomic E-state index is 12.2. The number of benzene rings is 1. The molecule has 3 aromatic rings. The summed E-state index contributed by atoms with van der Waals surface area (Å²) in [5.74, 6) is 0.794. The van der Waals surface area contributed by atoms with E-state index in [9.17, 15) is 4.79 Å². The van der Waals surface area contributed by atoms with Crippen LogP contribution in [0.5, 0.6) is 0 Å². The first-order valence-electron chi connectivity index (χ1n) is 7.60. The summed E-state index contributed by atoms with van der Waals surface area (Å²) >= 11 is 0. The number of anilines is 2. The number of hydrogen-bond acceptors (Lipinski definition) is 5. The van der Waals surface area contributed by atoms with Crippen molar-refractivity contribution in [2.24, 2.45) is 0 Å². The Kier molecular flexibility index (Phi) is 4.56. The molecule has 0 aliphatic heterocycles. The summed E-state index contributed by atoms with van der Waals surface area (Å²) in [6.45, 7) is 4.33. The Balaban J connectivity index is 1.73. The van der Waals surface area contributed by atoms with E-state index >= 15 is 0 Å².